The van der Waals surface area contributed by atoms with Crippen LogP contribution in [0.4, 0.5) is 0 Å². The second-order valence-corrected chi connectivity index (χ2v) is 5.23. The number of hydrogen-bond acceptors (Lipinski definition) is 2. The molecule has 0 saturated carbocycles. The number of ether oxygens (including phenoxy) is 1. The highest BCUT2D eigenvalue weighted by Gasteiger charge is 2.00. The molecule has 1 aromatic carbocycles. The van der Waals surface area contributed by atoms with E-state index in [0.29, 0.717) is 0 Å². The predicted octanol–water partition coefficient (Wildman–Crippen LogP) is 3.89. The summed E-state index contributed by atoms with van der Waals surface area (Å²) in [5, 5.41) is 0. The SMILES string of the molecule is CCSCCOc1ccc(C)cc1Br. The maximum atomic E-state index is 5.63. The molecule has 1 aromatic rings. The van der Waals surface area contributed by atoms with Gasteiger partial charge in [0.15, 0.2) is 0 Å². The van der Waals surface area contributed by atoms with Gasteiger partial charge in [0.05, 0.1) is 11.1 Å². The van der Waals surface area contributed by atoms with Gasteiger partial charge in [0.2, 0.25) is 0 Å². The quantitative estimate of drug-likeness (QED) is 0.754. The molecule has 0 saturated heterocycles. The van der Waals surface area contributed by atoms with Gasteiger partial charge in [-0.3, -0.25) is 0 Å². The minimum Gasteiger partial charge on any atom is -0.492 e. The molecule has 1 rings (SSSR count). The van der Waals surface area contributed by atoms with Gasteiger partial charge in [-0.2, -0.15) is 11.8 Å². The summed E-state index contributed by atoms with van der Waals surface area (Å²) in [6.07, 6.45) is 0. The van der Waals surface area contributed by atoms with Gasteiger partial charge in [-0.15, -0.1) is 0 Å². The molecule has 0 amide bonds. The molecule has 0 N–H and O–H groups in total. The molecular weight excluding hydrogens is 260 g/mol. The van der Waals surface area contributed by atoms with E-state index in [1.807, 2.05) is 17.8 Å². The molecule has 78 valence electrons. The standard InChI is InChI=1S/C11H15BrOS/c1-3-14-7-6-13-11-5-4-9(2)8-10(11)12/h4-5,8H,3,6-7H2,1-2H3. The molecular formula is C11H15BrOS. The van der Waals surface area contributed by atoms with Crippen LogP contribution in [0.5, 0.6) is 5.75 Å². The Kier molecular flexibility index (Phi) is 5.41. The molecule has 0 bridgehead atoms. The maximum absolute atomic E-state index is 5.63. The van der Waals surface area contributed by atoms with Crippen molar-refractivity contribution in [1.29, 1.82) is 0 Å². The molecule has 0 fully saturated rings. The summed E-state index contributed by atoms with van der Waals surface area (Å²) >= 11 is 5.38. The molecule has 0 aliphatic carbocycles. The zero-order valence-electron chi connectivity index (χ0n) is 8.55. The summed E-state index contributed by atoms with van der Waals surface area (Å²) in [5.74, 6) is 3.14. The zero-order chi connectivity index (χ0) is 10.4. The van der Waals surface area contributed by atoms with E-state index in [1.165, 1.54) is 5.56 Å². The Bertz CT molecular complexity index is 289. The first kappa shape index (κ1) is 11.9. The van der Waals surface area contributed by atoms with Crippen molar-refractivity contribution >= 4 is 27.7 Å². The Balaban J connectivity index is 2.42. The summed E-state index contributed by atoms with van der Waals surface area (Å²) in [4.78, 5) is 0. The second kappa shape index (κ2) is 6.36. The zero-order valence-corrected chi connectivity index (χ0v) is 11.0. The first-order chi connectivity index (χ1) is 6.74. The first-order valence-electron chi connectivity index (χ1n) is 4.70. The third-order valence-corrected chi connectivity index (χ3v) is 3.26. The number of benzene rings is 1. The van der Waals surface area contributed by atoms with Gasteiger partial charge >= 0.3 is 0 Å². The van der Waals surface area contributed by atoms with E-state index in [1.54, 1.807) is 0 Å². The summed E-state index contributed by atoms with van der Waals surface area (Å²) < 4.78 is 6.67. The molecule has 1 nitrogen and oxygen atoms in total. The van der Waals surface area contributed by atoms with Gasteiger partial charge in [-0.05, 0) is 46.3 Å². The van der Waals surface area contributed by atoms with E-state index in [-0.39, 0.29) is 0 Å². The molecule has 0 aromatic heterocycles. The van der Waals surface area contributed by atoms with E-state index >= 15 is 0 Å². The van der Waals surface area contributed by atoms with Crippen molar-refractivity contribution in [3.05, 3.63) is 28.2 Å². The summed E-state index contributed by atoms with van der Waals surface area (Å²) in [5.41, 5.74) is 1.24. The van der Waals surface area contributed by atoms with Crippen LogP contribution in [0.25, 0.3) is 0 Å². The molecule has 0 aliphatic heterocycles. The van der Waals surface area contributed by atoms with Crippen molar-refractivity contribution in [1.82, 2.24) is 0 Å². The lowest BCUT2D eigenvalue weighted by Gasteiger charge is -2.07. The van der Waals surface area contributed by atoms with Crippen LogP contribution in [-0.2, 0) is 0 Å². The Labute approximate surface area is 98.4 Å². The van der Waals surface area contributed by atoms with Crippen molar-refractivity contribution in [2.45, 2.75) is 13.8 Å². The van der Waals surface area contributed by atoms with Crippen LogP contribution in [0.3, 0.4) is 0 Å². The van der Waals surface area contributed by atoms with Gasteiger partial charge in [0.25, 0.3) is 0 Å². The molecule has 14 heavy (non-hydrogen) atoms. The lowest BCUT2D eigenvalue weighted by atomic mass is 10.2. The summed E-state index contributed by atoms with van der Waals surface area (Å²) in [6.45, 7) is 5.01. The number of rotatable bonds is 5. The van der Waals surface area contributed by atoms with Gasteiger partial charge in [0.1, 0.15) is 5.75 Å². The van der Waals surface area contributed by atoms with E-state index < -0.39 is 0 Å². The topological polar surface area (TPSA) is 9.23 Å². The Morgan fingerprint density at radius 3 is 2.86 bits per heavy atom. The molecule has 0 atom stereocenters. The van der Waals surface area contributed by atoms with Crippen LogP contribution >= 0.6 is 27.7 Å². The predicted molar refractivity (Wildman–Crippen MR) is 67.4 cm³/mol. The van der Waals surface area contributed by atoms with Crippen molar-refractivity contribution in [2.75, 3.05) is 18.1 Å². The van der Waals surface area contributed by atoms with Crippen LogP contribution in [0, 0.1) is 6.92 Å². The van der Waals surface area contributed by atoms with E-state index in [9.17, 15) is 0 Å². The van der Waals surface area contributed by atoms with Crippen molar-refractivity contribution in [3.8, 4) is 5.75 Å². The fourth-order valence-electron chi connectivity index (χ4n) is 1.08. The Hall–Kier alpha value is -0.150. The Morgan fingerprint density at radius 2 is 2.21 bits per heavy atom. The summed E-state index contributed by atoms with van der Waals surface area (Å²) in [6, 6.07) is 6.14. The monoisotopic (exact) mass is 274 g/mol. The fourth-order valence-corrected chi connectivity index (χ4v) is 2.18. The van der Waals surface area contributed by atoms with Crippen LogP contribution in [-0.4, -0.2) is 18.1 Å². The third kappa shape index (κ3) is 3.93. The Morgan fingerprint density at radius 1 is 1.43 bits per heavy atom. The third-order valence-electron chi connectivity index (χ3n) is 1.78. The van der Waals surface area contributed by atoms with Crippen LogP contribution in [0.2, 0.25) is 0 Å². The molecule has 0 heterocycles. The highest BCUT2D eigenvalue weighted by atomic mass is 79.9. The number of thioether (sulfide) groups is 1. The van der Waals surface area contributed by atoms with E-state index in [0.717, 1.165) is 28.3 Å². The second-order valence-electron chi connectivity index (χ2n) is 2.98. The molecule has 0 unspecified atom stereocenters. The van der Waals surface area contributed by atoms with Crippen LogP contribution in [0.15, 0.2) is 22.7 Å². The molecule has 3 heteroatoms. The number of halogens is 1. The molecule has 0 spiro atoms. The fraction of sp³-hybridized carbons (Fsp3) is 0.455. The molecule has 0 aliphatic rings. The average molecular weight is 275 g/mol. The normalized spacial score (nSPS) is 10.2. The van der Waals surface area contributed by atoms with Crippen molar-refractivity contribution in [2.24, 2.45) is 0 Å². The smallest absolute Gasteiger partial charge is 0.133 e. The minimum atomic E-state index is 0.778. The average Bonchev–Trinajstić information content (AvgIpc) is 2.15. The minimum absolute atomic E-state index is 0.778. The first-order valence-corrected chi connectivity index (χ1v) is 6.65. The van der Waals surface area contributed by atoms with Gasteiger partial charge in [0, 0.05) is 5.75 Å². The van der Waals surface area contributed by atoms with E-state index in [2.05, 4.69) is 41.9 Å². The van der Waals surface area contributed by atoms with Crippen LogP contribution in [0.1, 0.15) is 12.5 Å². The lowest BCUT2D eigenvalue weighted by molar-refractivity contribution is 0.342. The van der Waals surface area contributed by atoms with Crippen molar-refractivity contribution in [3.63, 3.8) is 0 Å². The van der Waals surface area contributed by atoms with E-state index in [4.69, 9.17) is 4.74 Å². The van der Waals surface area contributed by atoms with Gasteiger partial charge in [-0.1, -0.05) is 13.0 Å². The largest absolute Gasteiger partial charge is 0.492 e. The molecule has 0 radical (unpaired) electrons. The lowest BCUT2D eigenvalue weighted by Crippen LogP contribution is -2.00. The highest BCUT2D eigenvalue weighted by Crippen LogP contribution is 2.25. The van der Waals surface area contributed by atoms with Crippen LogP contribution < -0.4 is 4.74 Å². The van der Waals surface area contributed by atoms with Gasteiger partial charge in [-0.25, -0.2) is 0 Å². The van der Waals surface area contributed by atoms with Gasteiger partial charge < -0.3 is 4.74 Å². The number of hydrogen-bond donors (Lipinski definition) is 0. The summed E-state index contributed by atoms with van der Waals surface area (Å²) in [7, 11) is 0. The number of aryl methyl sites for hydroxylation is 1. The van der Waals surface area contributed by atoms with Crippen molar-refractivity contribution < 1.29 is 4.74 Å². The highest BCUT2D eigenvalue weighted by molar-refractivity contribution is 9.10. The maximum Gasteiger partial charge on any atom is 0.133 e.